The quantitative estimate of drug-likeness (QED) is 0.347. The Kier molecular flexibility index (Phi) is 5.20. The van der Waals surface area contributed by atoms with E-state index in [-0.39, 0.29) is 5.54 Å². The maximum Gasteiger partial charge on any atom is 0.164 e. The lowest BCUT2D eigenvalue weighted by Gasteiger charge is -2.18. The monoisotopic (exact) mass is 249 g/mol. The van der Waals surface area contributed by atoms with Gasteiger partial charge in [0.1, 0.15) is 5.75 Å². The van der Waals surface area contributed by atoms with E-state index < -0.39 is 0 Å². The zero-order chi connectivity index (χ0) is 13.6. The third kappa shape index (κ3) is 4.78. The first kappa shape index (κ1) is 14.6. The third-order valence-corrected chi connectivity index (χ3v) is 2.62. The van der Waals surface area contributed by atoms with Crippen LogP contribution in [0.2, 0.25) is 0 Å². The zero-order valence-corrected chi connectivity index (χ0v) is 11.8. The number of aryl methyl sites for hydroxylation is 1. The molecule has 0 amide bonds. The first-order valence-electron chi connectivity index (χ1n) is 6.45. The second-order valence-electron chi connectivity index (χ2n) is 5.29. The molecule has 0 radical (unpaired) electrons. The van der Waals surface area contributed by atoms with Crippen molar-refractivity contribution in [3.63, 3.8) is 0 Å². The van der Waals surface area contributed by atoms with Crippen molar-refractivity contribution in [3.05, 3.63) is 35.0 Å². The van der Waals surface area contributed by atoms with E-state index in [1.165, 1.54) is 5.56 Å². The number of hydroxylamine groups is 1. The van der Waals surface area contributed by atoms with E-state index in [1.54, 1.807) is 6.21 Å². The van der Waals surface area contributed by atoms with Gasteiger partial charge in [0, 0.05) is 27.2 Å². The molecule has 0 aliphatic heterocycles. The molecule has 0 spiro atoms. The summed E-state index contributed by atoms with van der Waals surface area (Å²) in [5.41, 5.74) is 0.871. The van der Waals surface area contributed by atoms with Crippen molar-refractivity contribution >= 4 is 6.21 Å². The Morgan fingerprint density at radius 1 is 1.22 bits per heavy atom. The van der Waals surface area contributed by atoms with E-state index in [4.69, 9.17) is 4.74 Å². The summed E-state index contributed by atoms with van der Waals surface area (Å²) >= 11 is 0. The van der Waals surface area contributed by atoms with E-state index >= 15 is 0 Å². The topological polar surface area (TPSA) is 35.3 Å². The van der Waals surface area contributed by atoms with Gasteiger partial charge in [-0.05, 0) is 31.0 Å². The standard InChI is InChI=1S/C15H23NO2/c1-5-18-14-10-8-13(9-11-14)7-6-12-16(17)15(2,3)4/h8-12H,5-7H2,1-4H3/b16-12+. The van der Waals surface area contributed by atoms with E-state index in [0.717, 1.165) is 23.3 Å². The normalized spacial score (nSPS) is 12.6. The molecule has 1 aromatic rings. The van der Waals surface area contributed by atoms with Crippen LogP contribution >= 0.6 is 0 Å². The minimum absolute atomic E-state index is 0.348. The van der Waals surface area contributed by atoms with Crippen molar-refractivity contribution in [2.24, 2.45) is 0 Å². The molecule has 0 unspecified atom stereocenters. The van der Waals surface area contributed by atoms with E-state index in [0.29, 0.717) is 6.61 Å². The van der Waals surface area contributed by atoms with Gasteiger partial charge in [0.15, 0.2) is 11.8 Å². The molecule has 0 saturated heterocycles. The van der Waals surface area contributed by atoms with Crippen LogP contribution in [0.15, 0.2) is 24.3 Å². The molecule has 0 atom stereocenters. The average Bonchev–Trinajstić information content (AvgIpc) is 2.30. The largest absolute Gasteiger partial charge is 0.624 e. The van der Waals surface area contributed by atoms with E-state index in [1.807, 2.05) is 52.0 Å². The molecule has 0 saturated carbocycles. The van der Waals surface area contributed by atoms with Crippen molar-refractivity contribution < 1.29 is 9.48 Å². The summed E-state index contributed by atoms with van der Waals surface area (Å²) in [6.45, 7) is 8.39. The van der Waals surface area contributed by atoms with Gasteiger partial charge in [0.05, 0.1) is 6.61 Å². The molecule has 18 heavy (non-hydrogen) atoms. The maximum atomic E-state index is 11.6. The Labute approximate surface area is 110 Å². The van der Waals surface area contributed by atoms with E-state index in [9.17, 15) is 5.21 Å². The molecule has 0 fully saturated rings. The van der Waals surface area contributed by atoms with Crippen LogP contribution in [0, 0.1) is 5.21 Å². The summed E-state index contributed by atoms with van der Waals surface area (Å²) in [4.78, 5) is 0. The predicted octanol–water partition coefficient (Wildman–Crippen LogP) is 3.40. The number of nitrogens with zero attached hydrogens (tertiary/aromatic N) is 1. The van der Waals surface area contributed by atoms with Crippen molar-refractivity contribution in [1.29, 1.82) is 0 Å². The molecule has 1 aromatic carbocycles. The summed E-state index contributed by atoms with van der Waals surface area (Å²) < 4.78 is 6.41. The lowest BCUT2D eigenvalue weighted by atomic mass is 10.1. The fourth-order valence-corrected chi connectivity index (χ4v) is 1.54. The van der Waals surface area contributed by atoms with Gasteiger partial charge in [-0.3, -0.25) is 0 Å². The summed E-state index contributed by atoms with van der Waals surface area (Å²) in [6, 6.07) is 8.03. The Balaban J connectivity index is 2.49. The molecular weight excluding hydrogens is 226 g/mol. The molecule has 100 valence electrons. The van der Waals surface area contributed by atoms with Crippen LogP contribution in [0.1, 0.15) is 39.7 Å². The van der Waals surface area contributed by atoms with Crippen LogP contribution in [0.4, 0.5) is 0 Å². The van der Waals surface area contributed by atoms with E-state index in [2.05, 4.69) is 0 Å². The average molecular weight is 249 g/mol. The Hall–Kier alpha value is -1.51. The van der Waals surface area contributed by atoms with Crippen LogP contribution < -0.4 is 4.74 Å². The predicted molar refractivity (Wildman–Crippen MR) is 75.4 cm³/mol. The molecule has 1 rings (SSSR count). The van der Waals surface area contributed by atoms with Gasteiger partial charge < -0.3 is 9.94 Å². The number of rotatable bonds is 5. The summed E-state index contributed by atoms with van der Waals surface area (Å²) in [5, 5.41) is 11.6. The molecule has 0 bridgehead atoms. The first-order valence-corrected chi connectivity index (χ1v) is 6.45. The summed E-state index contributed by atoms with van der Waals surface area (Å²) in [6.07, 6.45) is 3.35. The molecule has 0 N–H and O–H groups in total. The van der Waals surface area contributed by atoms with Gasteiger partial charge in [-0.1, -0.05) is 12.1 Å². The first-order chi connectivity index (χ1) is 8.43. The van der Waals surface area contributed by atoms with Crippen molar-refractivity contribution in [2.45, 2.75) is 46.1 Å². The van der Waals surface area contributed by atoms with Crippen molar-refractivity contribution in [1.82, 2.24) is 0 Å². The summed E-state index contributed by atoms with van der Waals surface area (Å²) in [7, 11) is 0. The second kappa shape index (κ2) is 6.43. The van der Waals surface area contributed by atoms with Crippen LogP contribution in [-0.2, 0) is 6.42 Å². The zero-order valence-electron chi connectivity index (χ0n) is 11.8. The van der Waals surface area contributed by atoms with Gasteiger partial charge in [-0.15, -0.1) is 0 Å². The highest BCUT2D eigenvalue weighted by Crippen LogP contribution is 2.13. The van der Waals surface area contributed by atoms with Crippen LogP contribution in [0.25, 0.3) is 0 Å². The summed E-state index contributed by atoms with van der Waals surface area (Å²) in [5.74, 6) is 0.894. The number of hydrogen-bond donors (Lipinski definition) is 0. The van der Waals surface area contributed by atoms with Gasteiger partial charge in [0.2, 0.25) is 0 Å². The lowest BCUT2D eigenvalue weighted by Crippen LogP contribution is -2.29. The minimum atomic E-state index is -0.348. The van der Waals surface area contributed by atoms with Crippen molar-refractivity contribution in [3.8, 4) is 5.75 Å². The van der Waals surface area contributed by atoms with Gasteiger partial charge >= 0.3 is 0 Å². The molecule has 3 nitrogen and oxygen atoms in total. The Morgan fingerprint density at radius 3 is 2.33 bits per heavy atom. The smallest absolute Gasteiger partial charge is 0.164 e. The number of hydrogen-bond acceptors (Lipinski definition) is 2. The molecule has 0 aromatic heterocycles. The van der Waals surface area contributed by atoms with Gasteiger partial charge in [-0.25, -0.2) is 4.74 Å². The molecule has 0 aliphatic carbocycles. The highest BCUT2D eigenvalue weighted by Gasteiger charge is 2.17. The number of benzene rings is 1. The van der Waals surface area contributed by atoms with Crippen LogP contribution in [0.3, 0.4) is 0 Å². The lowest BCUT2D eigenvalue weighted by molar-refractivity contribution is -0.532. The SMILES string of the molecule is CCOc1ccc(CC/C=[N+](/[O-])C(C)(C)C)cc1. The fourth-order valence-electron chi connectivity index (χ4n) is 1.54. The van der Waals surface area contributed by atoms with Gasteiger partial charge in [-0.2, -0.15) is 0 Å². The molecule has 0 aliphatic rings. The molecular formula is C15H23NO2. The van der Waals surface area contributed by atoms with Gasteiger partial charge in [0.25, 0.3) is 0 Å². The minimum Gasteiger partial charge on any atom is -0.624 e. The van der Waals surface area contributed by atoms with Crippen molar-refractivity contribution in [2.75, 3.05) is 6.61 Å². The fraction of sp³-hybridized carbons (Fsp3) is 0.533. The maximum absolute atomic E-state index is 11.6. The van der Waals surface area contributed by atoms with Crippen LogP contribution in [0.5, 0.6) is 5.75 Å². The third-order valence-electron chi connectivity index (χ3n) is 2.62. The molecule has 0 heterocycles. The Morgan fingerprint density at radius 2 is 1.83 bits per heavy atom. The second-order valence-corrected chi connectivity index (χ2v) is 5.29. The highest BCUT2D eigenvalue weighted by atomic mass is 16.5. The number of ether oxygens (including phenoxy) is 1. The highest BCUT2D eigenvalue weighted by molar-refractivity contribution is 5.52. The molecule has 3 heteroatoms. The van der Waals surface area contributed by atoms with Crippen LogP contribution in [-0.4, -0.2) is 23.1 Å². The Bertz CT molecular complexity index is 388.